The lowest BCUT2D eigenvalue weighted by atomic mass is 10.2. The summed E-state index contributed by atoms with van der Waals surface area (Å²) in [5.74, 6) is -0.100. The topological polar surface area (TPSA) is 46.9 Å². The lowest BCUT2D eigenvalue weighted by Crippen LogP contribution is -2.10. The SMILES string of the molecule is O=C(Nc1ccc(Cn2cccn2)cc1)c1csc(Br)c1. The number of aromatic nitrogens is 2. The standard InChI is InChI=1S/C15H12BrN3OS/c16-14-8-12(10-21-14)15(20)18-13-4-2-11(3-5-13)9-19-7-1-6-17-19/h1-8,10H,9H2,(H,18,20). The van der Waals surface area contributed by atoms with E-state index in [9.17, 15) is 4.79 Å². The maximum absolute atomic E-state index is 12.0. The van der Waals surface area contributed by atoms with Gasteiger partial charge >= 0.3 is 0 Å². The van der Waals surface area contributed by atoms with Crippen molar-refractivity contribution in [1.82, 2.24) is 9.78 Å². The summed E-state index contributed by atoms with van der Waals surface area (Å²) in [4.78, 5) is 12.0. The summed E-state index contributed by atoms with van der Waals surface area (Å²) in [6.45, 7) is 0.721. The molecular weight excluding hydrogens is 350 g/mol. The molecule has 0 aliphatic heterocycles. The molecule has 2 aromatic heterocycles. The Bertz CT molecular complexity index is 735. The highest BCUT2D eigenvalue weighted by molar-refractivity contribution is 9.11. The van der Waals surface area contributed by atoms with Crippen molar-refractivity contribution in [3.05, 3.63) is 69.1 Å². The van der Waals surface area contributed by atoms with Gasteiger partial charge in [-0.25, -0.2) is 0 Å². The third-order valence-electron chi connectivity index (χ3n) is 2.95. The molecule has 0 fully saturated rings. The molecule has 0 bridgehead atoms. The van der Waals surface area contributed by atoms with Gasteiger partial charge in [0.15, 0.2) is 0 Å². The van der Waals surface area contributed by atoms with Crippen LogP contribution in [0.25, 0.3) is 0 Å². The average Bonchev–Trinajstić information content (AvgIpc) is 3.12. The van der Waals surface area contributed by atoms with Gasteiger partial charge in [-0.15, -0.1) is 11.3 Å². The number of amides is 1. The number of hydrogen-bond acceptors (Lipinski definition) is 3. The number of hydrogen-bond donors (Lipinski definition) is 1. The molecule has 0 aliphatic rings. The van der Waals surface area contributed by atoms with Crippen LogP contribution >= 0.6 is 27.3 Å². The van der Waals surface area contributed by atoms with Crippen molar-refractivity contribution in [2.45, 2.75) is 6.54 Å². The molecule has 0 aliphatic carbocycles. The predicted molar refractivity (Wildman–Crippen MR) is 87.7 cm³/mol. The number of nitrogens with zero attached hydrogens (tertiary/aromatic N) is 2. The second-order valence-corrected chi connectivity index (χ2v) is 6.78. The number of carbonyl (C=O) groups is 1. The minimum atomic E-state index is -0.100. The minimum Gasteiger partial charge on any atom is -0.322 e. The van der Waals surface area contributed by atoms with Crippen LogP contribution in [0.3, 0.4) is 0 Å². The van der Waals surface area contributed by atoms with Gasteiger partial charge in [0.05, 0.1) is 15.9 Å². The van der Waals surface area contributed by atoms with Gasteiger partial charge in [0, 0.05) is 23.5 Å². The molecule has 3 aromatic rings. The maximum atomic E-state index is 12.0. The van der Waals surface area contributed by atoms with Gasteiger partial charge in [0.1, 0.15) is 0 Å². The van der Waals surface area contributed by atoms with E-state index in [1.165, 1.54) is 11.3 Å². The zero-order valence-corrected chi connectivity index (χ0v) is 13.4. The van der Waals surface area contributed by atoms with E-state index in [0.29, 0.717) is 5.56 Å². The highest BCUT2D eigenvalue weighted by Crippen LogP contribution is 2.21. The number of benzene rings is 1. The van der Waals surface area contributed by atoms with Crippen LogP contribution in [-0.2, 0) is 6.54 Å². The van der Waals surface area contributed by atoms with Crippen LogP contribution in [0.15, 0.2) is 58.0 Å². The molecular formula is C15H12BrN3OS. The predicted octanol–water partition coefficient (Wildman–Crippen LogP) is 4.01. The number of nitrogens with one attached hydrogen (secondary N) is 1. The summed E-state index contributed by atoms with van der Waals surface area (Å²) in [5.41, 5.74) is 2.58. The molecule has 6 heteroatoms. The second kappa shape index (κ2) is 6.24. The maximum Gasteiger partial charge on any atom is 0.256 e. The first-order valence-corrected chi connectivity index (χ1v) is 8.00. The number of anilines is 1. The summed E-state index contributed by atoms with van der Waals surface area (Å²) >= 11 is 4.85. The Balaban J connectivity index is 1.65. The minimum absolute atomic E-state index is 0.100. The van der Waals surface area contributed by atoms with Crippen molar-refractivity contribution in [3.63, 3.8) is 0 Å². The Morgan fingerprint density at radius 2 is 2.14 bits per heavy atom. The Kier molecular flexibility index (Phi) is 4.17. The Morgan fingerprint density at radius 1 is 1.33 bits per heavy atom. The largest absolute Gasteiger partial charge is 0.322 e. The molecule has 0 spiro atoms. The zero-order chi connectivity index (χ0) is 14.7. The van der Waals surface area contributed by atoms with Gasteiger partial charge in [-0.1, -0.05) is 12.1 Å². The van der Waals surface area contributed by atoms with E-state index in [4.69, 9.17) is 0 Å². The zero-order valence-electron chi connectivity index (χ0n) is 11.0. The average molecular weight is 362 g/mol. The smallest absolute Gasteiger partial charge is 0.256 e. The van der Waals surface area contributed by atoms with Crippen molar-refractivity contribution < 1.29 is 4.79 Å². The molecule has 0 unspecified atom stereocenters. The number of rotatable bonds is 4. The van der Waals surface area contributed by atoms with E-state index < -0.39 is 0 Å². The molecule has 21 heavy (non-hydrogen) atoms. The second-order valence-electron chi connectivity index (χ2n) is 4.49. The molecule has 0 atom stereocenters. The monoisotopic (exact) mass is 361 g/mol. The lowest BCUT2D eigenvalue weighted by Gasteiger charge is -2.06. The molecule has 2 heterocycles. The molecule has 4 nitrogen and oxygen atoms in total. The van der Waals surface area contributed by atoms with E-state index in [1.54, 1.807) is 6.20 Å². The molecule has 0 saturated carbocycles. The van der Waals surface area contributed by atoms with Crippen molar-refractivity contribution in [1.29, 1.82) is 0 Å². The van der Waals surface area contributed by atoms with Crippen molar-refractivity contribution in [2.75, 3.05) is 5.32 Å². The van der Waals surface area contributed by atoms with Gasteiger partial charge < -0.3 is 5.32 Å². The molecule has 1 N–H and O–H groups in total. The first kappa shape index (κ1) is 14.0. The molecule has 0 radical (unpaired) electrons. The normalized spacial score (nSPS) is 10.5. The molecule has 1 aromatic carbocycles. The fourth-order valence-electron chi connectivity index (χ4n) is 1.91. The van der Waals surface area contributed by atoms with Crippen LogP contribution in [0.4, 0.5) is 5.69 Å². The molecule has 1 amide bonds. The van der Waals surface area contributed by atoms with Crippen LogP contribution in [0, 0.1) is 0 Å². The van der Waals surface area contributed by atoms with Gasteiger partial charge in [0.25, 0.3) is 5.91 Å². The Hall–Kier alpha value is -1.92. The van der Waals surface area contributed by atoms with Gasteiger partial charge in [-0.2, -0.15) is 5.10 Å². The van der Waals surface area contributed by atoms with E-state index in [0.717, 1.165) is 21.6 Å². The first-order chi connectivity index (χ1) is 10.2. The van der Waals surface area contributed by atoms with E-state index in [-0.39, 0.29) is 5.91 Å². The van der Waals surface area contributed by atoms with Gasteiger partial charge in [0.2, 0.25) is 0 Å². The van der Waals surface area contributed by atoms with Crippen molar-refractivity contribution in [3.8, 4) is 0 Å². The summed E-state index contributed by atoms with van der Waals surface area (Å²) in [5, 5.41) is 8.87. The third kappa shape index (κ3) is 3.59. The van der Waals surface area contributed by atoms with Gasteiger partial charge in [-0.05, 0) is 45.8 Å². The molecule has 0 saturated heterocycles. The fourth-order valence-corrected chi connectivity index (χ4v) is 3.04. The number of thiophene rings is 1. The Morgan fingerprint density at radius 3 is 2.76 bits per heavy atom. The van der Waals surface area contributed by atoms with Crippen LogP contribution in [0.1, 0.15) is 15.9 Å². The summed E-state index contributed by atoms with van der Waals surface area (Å²) in [7, 11) is 0. The quantitative estimate of drug-likeness (QED) is 0.762. The Labute approximate surface area is 134 Å². The lowest BCUT2D eigenvalue weighted by molar-refractivity contribution is 0.102. The summed E-state index contributed by atoms with van der Waals surface area (Å²) in [6, 6.07) is 11.5. The van der Waals surface area contributed by atoms with Crippen molar-refractivity contribution >= 4 is 38.9 Å². The van der Waals surface area contributed by atoms with Crippen molar-refractivity contribution in [2.24, 2.45) is 0 Å². The van der Waals surface area contributed by atoms with E-state index in [1.807, 2.05) is 52.7 Å². The molecule has 106 valence electrons. The van der Waals surface area contributed by atoms with Crippen LogP contribution in [0.5, 0.6) is 0 Å². The highest BCUT2D eigenvalue weighted by atomic mass is 79.9. The highest BCUT2D eigenvalue weighted by Gasteiger charge is 2.08. The van der Waals surface area contributed by atoms with Crippen LogP contribution in [-0.4, -0.2) is 15.7 Å². The first-order valence-electron chi connectivity index (χ1n) is 6.32. The third-order valence-corrected chi connectivity index (χ3v) is 4.45. The van der Waals surface area contributed by atoms with E-state index >= 15 is 0 Å². The summed E-state index contributed by atoms with van der Waals surface area (Å²) < 4.78 is 2.80. The molecule has 3 rings (SSSR count). The van der Waals surface area contributed by atoms with Gasteiger partial charge in [-0.3, -0.25) is 9.48 Å². The summed E-state index contributed by atoms with van der Waals surface area (Å²) in [6.07, 6.45) is 3.68. The number of halogens is 1. The van der Waals surface area contributed by atoms with Crippen LogP contribution in [0.2, 0.25) is 0 Å². The van der Waals surface area contributed by atoms with Crippen LogP contribution < -0.4 is 5.32 Å². The fraction of sp³-hybridized carbons (Fsp3) is 0.0667. The van der Waals surface area contributed by atoms with E-state index in [2.05, 4.69) is 26.3 Å². The number of carbonyl (C=O) groups excluding carboxylic acids is 1.